The molecule has 2 atom stereocenters. The Hall–Kier alpha value is -3.07. The van der Waals surface area contributed by atoms with Crippen LogP contribution in [0.25, 0.3) is 0 Å². The first kappa shape index (κ1) is 22.1. The SMILES string of the molecule is COc1cc2c(cc1OC)[C@@H](C)N([C@@H]1CC(=O)N(c3cccc(C(F)(F)F)c3)C1=O)CC2. The first-order chi connectivity index (χ1) is 15.2. The van der Waals surface area contributed by atoms with Gasteiger partial charge in [0.1, 0.15) is 0 Å². The van der Waals surface area contributed by atoms with Crippen molar-refractivity contribution in [2.24, 2.45) is 0 Å². The Kier molecular flexibility index (Phi) is 5.62. The van der Waals surface area contributed by atoms with Crippen LogP contribution in [-0.4, -0.2) is 43.5 Å². The number of benzene rings is 2. The molecule has 1 saturated heterocycles. The number of carbonyl (C=O) groups is 2. The summed E-state index contributed by atoms with van der Waals surface area (Å²) >= 11 is 0. The molecule has 1 fully saturated rings. The number of halogens is 3. The first-order valence-electron chi connectivity index (χ1n) is 10.2. The molecule has 6 nitrogen and oxygen atoms in total. The molecule has 2 heterocycles. The lowest BCUT2D eigenvalue weighted by molar-refractivity contribution is -0.137. The smallest absolute Gasteiger partial charge is 0.416 e. The number of alkyl halides is 3. The van der Waals surface area contributed by atoms with Gasteiger partial charge in [-0.1, -0.05) is 6.07 Å². The number of rotatable bonds is 4. The molecule has 0 spiro atoms. The maximum Gasteiger partial charge on any atom is 0.416 e. The second-order valence-corrected chi connectivity index (χ2v) is 7.91. The molecule has 170 valence electrons. The molecule has 0 saturated carbocycles. The maximum atomic E-state index is 13.2. The van der Waals surface area contributed by atoms with E-state index in [1.807, 2.05) is 24.0 Å². The third-order valence-electron chi connectivity index (χ3n) is 6.19. The fourth-order valence-electron chi connectivity index (χ4n) is 4.56. The van der Waals surface area contributed by atoms with Crippen LogP contribution < -0.4 is 14.4 Å². The number of methoxy groups -OCH3 is 2. The van der Waals surface area contributed by atoms with Crippen LogP contribution in [0.5, 0.6) is 11.5 Å². The van der Waals surface area contributed by atoms with Crippen LogP contribution in [0.15, 0.2) is 36.4 Å². The molecular formula is C23H23F3N2O4. The second kappa shape index (κ2) is 8.12. The molecule has 32 heavy (non-hydrogen) atoms. The number of anilines is 1. The van der Waals surface area contributed by atoms with Gasteiger partial charge in [0, 0.05) is 12.6 Å². The molecule has 0 radical (unpaired) electrons. The van der Waals surface area contributed by atoms with E-state index < -0.39 is 29.6 Å². The zero-order valence-electron chi connectivity index (χ0n) is 17.9. The summed E-state index contributed by atoms with van der Waals surface area (Å²) in [5.41, 5.74) is 1.07. The summed E-state index contributed by atoms with van der Waals surface area (Å²) < 4.78 is 50.1. The van der Waals surface area contributed by atoms with Gasteiger partial charge in [-0.05, 0) is 54.8 Å². The van der Waals surface area contributed by atoms with E-state index in [0.717, 1.165) is 28.2 Å². The summed E-state index contributed by atoms with van der Waals surface area (Å²) in [4.78, 5) is 28.7. The van der Waals surface area contributed by atoms with Crippen molar-refractivity contribution in [3.05, 3.63) is 53.1 Å². The monoisotopic (exact) mass is 448 g/mol. The van der Waals surface area contributed by atoms with Crippen molar-refractivity contribution in [2.45, 2.75) is 38.0 Å². The summed E-state index contributed by atoms with van der Waals surface area (Å²) in [5.74, 6) is 0.170. The molecule has 0 aliphatic carbocycles. The Bertz CT molecular complexity index is 1070. The molecule has 2 aromatic carbocycles. The lowest BCUT2D eigenvalue weighted by Crippen LogP contribution is -2.46. The molecule has 0 N–H and O–H groups in total. The van der Waals surface area contributed by atoms with Crippen molar-refractivity contribution in [1.29, 1.82) is 0 Å². The van der Waals surface area contributed by atoms with E-state index in [4.69, 9.17) is 9.47 Å². The zero-order chi connectivity index (χ0) is 23.2. The average molecular weight is 448 g/mol. The number of fused-ring (bicyclic) bond motifs is 1. The standard InChI is InChI=1S/C23H23F3N2O4/c1-13-17-11-20(32-3)19(31-2)9-14(17)7-8-27(13)18-12-21(29)28(22(18)30)16-6-4-5-15(10-16)23(24,25)26/h4-6,9-11,13,18H,7-8,12H2,1-3H3/t13-,18-/m1/s1. The van der Waals surface area contributed by atoms with Gasteiger partial charge in [-0.15, -0.1) is 0 Å². The van der Waals surface area contributed by atoms with E-state index in [0.29, 0.717) is 24.5 Å². The summed E-state index contributed by atoms with van der Waals surface area (Å²) in [6.07, 6.45) is -4.00. The number of amides is 2. The van der Waals surface area contributed by atoms with Crippen LogP contribution in [0.4, 0.5) is 18.9 Å². The Morgan fingerprint density at radius 2 is 1.72 bits per heavy atom. The lowest BCUT2D eigenvalue weighted by atomic mass is 9.91. The molecule has 0 aromatic heterocycles. The van der Waals surface area contributed by atoms with Crippen molar-refractivity contribution < 1.29 is 32.2 Å². The van der Waals surface area contributed by atoms with Crippen LogP contribution >= 0.6 is 0 Å². The van der Waals surface area contributed by atoms with Gasteiger partial charge in [-0.2, -0.15) is 13.2 Å². The number of nitrogens with zero attached hydrogens (tertiary/aromatic N) is 2. The maximum absolute atomic E-state index is 13.2. The van der Waals surface area contributed by atoms with Gasteiger partial charge >= 0.3 is 6.18 Å². The van der Waals surface area contributed by atoms with Crippen LogP contribution in [-0.2, 0) is 22.2 Å². The van der Waals surface area contributed by atoms with Crippen LogP contribution in [0.3, 0.4) is 0 Å². The minimum absolute atomic E-state index is 0.0613. The predicted octanol–water partition coefficient (Wildman–Crippen LogP) is 3.97. The third kappa shape index (κ3) is 3.70. The molecular weight excluding hydrogens is 425 g/mol. The van der Waals surface area contributed by atoms with E-state index in [1.54, 1.807) is 14.2 Å². The summed E-state index contributed by atoms with van der Waals surface area (Å²) in [7, 11) is 3.11. The van der Waals surface area contributed by atoms with Crippen molar-refractivity contribution in [3.8, 4) is 11.5 Å². The second-order valence-electron chi connectivity index (χ2n) is 7.91. The number of hydrogen-bond donors (Lipinski definition) is 0. The summed E-state index contributed by atoms with van der Waals surface area (Å²) in [5, 5.41) is 0. The van der Waals surface area contributed by atoms with E-state index in [-0.39, 0.29) is 18.2 Å². The van der Waals surface area contributed by atoms with Gasteiger partial charge in [0.15, 0.2) is 11.5 Å². The summed E-state index contributed by atoms with van der Waals surface area (Å²) in [6, 6.07) is 7.15. The van der Waals surface area contributed by atoms with Crippen molar-refractivity contribution >= 4 is 17.5 Å². The molecule has 2 aliphatic heterocycles. The van der Waals surface area contributed by atoms with Gasteiger partial charge < -0.3 is 9.47 Å². The average Bonchev–Trinajstić information content (AvgIpc) is 3.06. The number of ether oxygens (including phenoxy) is 2. The molecule has 9 heteroatoms. The van der Waals surface area contributed by atoms with Gasteiger partial charge in [0.05, 0.1) is 37.9 Å². The minimum Gasteiger partial charge on any atom is -0.493 e. The molecule has 4 rings (SSSR count). The molecule has 2 amide bonds. The van der Waals surface area contributed by atoms with E-state index in [9.17, 15) is 22.8 Å². The lowest BCUT2D eigenvalue weighted by Gasteiger charge is -2.38. The van der Waals surface area contributed by atoms with Crippen LogP contribution in [0, 0.1) is 0 Å². The Morgan fingerprint density at radius 1 is 1.03 bits per heavy atom. The van der Waals surface area contributed by atoms with Crippen LogP contribution in [0.1, 0.15) is 36.1 Å². The van der Waals surface area contributed by atoms with Crippen molar-refractivity contribution in [3.63, 3.8) is 0 Å². The largest absolute Gasteiger partial charge is 0.493 e. The highest BCUT2D eigenvalue weighted by Gasteiger charge is 2.45. The highest BCUT2D eigenvalue weighted by Crippen LogP contribution is 2.40. The van der Waals surface area contributed by atoms with Crippen molar-refractivity contribution in [2.75, 3.05) is 25.7 Å². The Balaban J connectivity index is 1.62. The Morgan fingerprint density at radius 3 is 2.38 bits per heavy atom. The van der Waals surface area contributed by atoms with Gasteiger partial charge in [0.2, 0.25) is 5.91 Å². The number of imide groups is 1. The van der Waals surface area contributed by atoms with E-state index >= 15 is 0 Å². The zero-order valence-corrected chi connectivity index (χ0v) is 17.9. The fourth-order valence-corrected chi connectivity index (χ4v) is 4.56. The highest BCUT2D eigenvalue weighted by atomic mass is 19.4. The summed E-state index contributed by atoms with van der Waals surface area (Å²) in [6.45, 7) is 2.47. The third-order valence-corrected chi connectivity index (χ3v) is 6.19. The van der Waals surface area contributed by atoms with Gasteiger partial charge in [-0.25, -0.2) is 4.90 Å². The first-order valence-corrected chi connectivity index (χ1v) is 10.2. The normalized spacial score (nSPS) is 21.6. The van der Waals surface area contributed by atoms with Crippen molar-refractivity contribution in [1.82, 2.24) is 4.90 Å². The Labute approximate surface area is 183 Å². The predicted molar refractivity (Wildman–Crippen MR) is 111 cm³/mol. The van der Waals surface area contributed by atoms with E-state index in [1.165, 1.54) is 12.1 Å². The molecule has 0 unspecified atom stereocenters. The van der Waals surface area contributed by atoms with Crippen LogP contribution in [0.2, 0.25) is 0 Å². The molecule has 2 aromatic rings. The van der Waals surface area contributed by atoms with Gasteiger partial charge in [0.25, 0.3) is 5.91 Å². The fraction of sp³-hybridized carbons (Fsp3) is 0.391. The number of carbonyl (C=O) groups excluding carboxylic acids is 2. The van der Waals surface area contributed by atoms with E-state index in [2.05, 4.69) is 0 Å². The quantitative estimate of drug-likeness (QED) is 0.663. The topological polar surface area (TPSA) is 59.1 Å². The number of hydrogen-bond acceptors (Lipinski definition) is 5. The highest BCUT2D eigenvalue weighted by molar-refractivity contribution is 6.22. The minimum atomic E-state index is -4.56. The molecule has 0 bridgehead atoms. The van der Waals surface area contributed by atoms with Gasteiger partial charge in [-0.3, -0.25) is 14.5 Å². The molecule has 2 aliphatic rings.